The Balaban J connectivity index is 1.50. The maximum absolute atomic E-state index is 4.01. The molecule has 0 heteroatoms. The van der Waals surface area contributed by atoms with Crippen molar-refractivity contribution in [1.29, 1.82) is 0 Å². The van der Waals surface area contributed by atoms with E-state index in [1.807, 2.05) is 0 Å². The molecule has 0 aromatic rings. The molecule has 0 nitrogen and oxygen atoms in total. The van der Waals surface area contributed by atoms with Crippen LogP contribution in [0.25, 0.3) is 0 Å². The van der Waals surface area contributed by atoms with Gasteiger partial charge in [-0.1, -0.05) is 50.6 Å². The zero-order valence-electron chi connectivity index (χ0n) is 20.6. The maximum Gasteiger partial charge on any atom is -0.0166 e. The predicted octanol–water partition coefficient (Wildman–Crippen LogP) is 9.00. The summed E-state index contributed by atoms with van der Waals surface area (Å²) in [6.07, 6.45) is 24.2. The third-order valence-electron chi connectivity index (χ3n) is 10.7. The lowest BCUT2D eigenvalue weighted by Crippen LogP contribution is -2.52. The minimum Gasteiger partial charge on any atom is -0.103 e. The molecule has 0 bridgehead atoms. The van der Waals surface area contributed by atoms with Gasteiger partial charge in [0.05, 0.1) is 0 Å². The van der Waals surface area contributed by atoms with Gasteiger partial charge in [0.25, 0.3) is 0 Å². The monoisotopic (exact) mass is 408 g/mol. The molecule has 0 saturated heterocycles. The summed E-state index contributed by atoms with van der Waals surface area (Å²) in [5.41, 5.74) is 2.63. The molecule has 3 saturated carbocycles. The molecule has 3 fully saturated rings. The second kappa shape index (κ2) is 8.63. The van der Waals surface area contributed by atoms with Gasteiger partial charge < -0.3 is 0 Å². The van der Waals surface area contributed by atoms with Gasteiger partial charge in [-0.2, -0.15) is 0 Å². The van der Waals surface area contributed by atoms with E-state index in [0.29, 0.717) is 10.8 Å². The van der Waals surface area contributed by atoms with Crippen LogP contribution in [-0.4, -0.2) is 0 Å². The number of hydrogen-bond acceptors (Lipinski definition) is 0. The lowest BCUT2D eigenvalue weighted by molar-refractivity contribution is -0.0709. The summed E-state index contributed by atoms with van der Waals surface area (Å²) in [7, 11) is 0. The van der Waals surface area contributed by atoms with Crippen LogP contribution in [0.15, 0.2) is 36.5 Å². The zero-order chi connectivity index (χ0) is 21.5. The fraction of sp³-hybridized carbons (Fsp3) is 0.800. The molecule has 30 heavy (non-hydrogen) atoms. The van der Waals surface area contributed by atoms with Crippen molar-refractivity contribution in [3.05, 3.63) is 36.5 Å². The fourth-order valence-electron chi connectivity index (χ4n) is 8.96. The first-order valence-electron chi connectivity index (χ1n) is 13.2. The van der Waals surface area contributed by atoms with E-state index in [2.05, 4.69) is 65.5 Å². The minimum absolute atomic E-state index is 0.561. The van der Waals surface area contributed by atoms with E-state index in [4.69, 9.17) is 0 Å². The molecule has 9 atom stereocenters. The smallest absolute Gasteiger partial charge is 0.0166 e. The Morgan fingerprint density at radius 1 is 1.03 bits per heavy atom. The Labute approximate surface area is 187 Å². The van der Waals surface area contributed by atoms with Crippen LogP contribution in [0.4, 0.5) is 0 Å². The molecule has 0 amide bonds. The molecule has 4 aliphatic carbocycles. The quantitative estimate of drug-likeness (QED) is 0.385. The highest BCUT2D eigenvalue weighted by molar-refractivity contribution is 5.18. The molecule has 0 spiro atoms. The van der Waals surface area contributed by atoms with Crippen LogP contribution in [0, 0.1) is 52.3 Å². The summed E-state index contributed by atoms with van der Waals surface area (Å²) < 4.78 is 0. The summed E-state index contributed by atoms with van der Waals surface area (Å²) in [4.78, 5) is 0. The van der Waals surface area contributed by atoms with E-state index in [-0.39, 0.29) is 0 Å². The van der Waals surface area contributed by atoms with Crippen LogP contribution >= 0.6 is 0 Å². The molecule has 0 aliphatic heterocycles. The average molecular weight is 409 g/mol. The molecule has 4 aliphatic rings. The Bertz CT molecular complexity index is 678. The summed E-state index contributed by atoms with van der Waals surface area (Å²) >= 11 is 0. The van der Waals surface area contributed by atoms with E-state index in [9.17, 15) is 0 Å². The van der Waals surface area contributed by atoms with Gasteiger partial charge in [-0.15, -0.1) is 6.58 Å². The van der Waals surface area contributed by atoms with Crippen LogP contribution in [-0.2, 0) is 0 Å². The highest BCUT2D eigenvalue weighted by atomic mass is 14.6. The van der Waals surface area contributed by atoms with E-state index >= 15 is 0 Å². The molecule has 0 heterocycles. The van der Waals surface area contributed by atoms with Crippen LogP contribution in [0.2, 0.25) is 0 Å². The highest BCUT2D eigenvalue weighted by Gasteiger charge is 2.59. The van der Waals surface area contributed by atoms with E-state index < -0.39 is 0 Å². The highest BCUT2D eigenvalue weighted by Crippen LogP contribution is 2.67. The summed E-state index contributed by atoms with van der Waals surface area (Å²) in [5.74, 6) is 6.25. The lowest BCUT2D eigenvalue weighted by Gasteiger charge is -2.59. The molecule has 0 aromatic heterocycles. The standard InChI is InChI=1S/C30H48/c1-7-9-23-16-18-29(5)24(20-23)12-13-25-27-15-14-26(22(4)11-8-10-21(2)3)30(27,6)19-17-28(25)29/h7,10,12-13,22-28H,1,8-9,11,14-20H2,2-6H3. The van der Waals surface area contributed by atoms with Crippen molar-refractivity contribution in [1.82, 2.24) is 0 Å². The van der Waals surface area contributed by atoms with Crippen molar-refractivity contribution in [3.8, 4) is 0 Å². The van der Waals surface area contributed by atoms with Gasteiger partial charge in [0.2, 0.25) is 0 Å². The third-order valence-corrected chi connectivity index (χ3v) is 10.7. The molecule has 168 valence electrons. The minimum atomic E-state index is 0.561. The molecule has 4 rings (SSSR count). The Kier molecular flexibility index (Phi) is 6.45. The first kappa shape index (κ1) is 22.4. The Morgan fingerprint density at radius 3 is 2.50 bits per heavy atom. The van der Waals surface area contributed by atoms with Crippen molar-refractivity contribution >= 4 is 0 Å². The van der Waals surface area contributed by atoms with Crippen LogP contribution in [0.1, 0.15) is 98.8 Å². The first-order chi connectivity index (χ1) is 14.3. The molecule has 0 aromatic carbocycles. The SMILES string of the molecule is C=CCC1CCC2(C)C(C=CC3C2CCC2(C)C(C(C)CCC=C(C)C)CCC32)C1. The first-order valence-corrected chi connectivity index (χ1v) is 13.2. The van der Waals surface area contributed by atoms with E-state index in [1.165, 1.54) is 69.8 Å². The van der Waals surface area contributed by atoms with Gasteiger partial charge in [0, 0.05) is 0 Å². The topological polar surface area (TPSA) is 0 Å². The molecular formula is C30H48. The number of allylic oxidation sites excluding steroid dienone is 5. The van der Waals surface area contributed by atoms with Gasteiger partial charge in [-0.25, -0.2) is 0 Å². The molecule has 0 radical (unpaired) electrons. The van der Waals surface area contributed by atoms with Crippen molar-refractivity contribution in [2.45, 2.75) is 98.8 Å². The fourth-order valence-corrected chi connectivity index (χ4v) is 8.96. The summed E-state index contributed by atoms with van der Waals surface area (Å²) in [6.45, 7) is 16.4. The van der Waals surface area contributed by atoms with Crippen LogP contribution < -0.4 is 0 Å². The van der Waals surface area contributed by atoms with Gasteiger partial charge in [-0.3, -0.25) is 0 Å². The summed E-state index contributed by atoms with van der Waals surface area (Å²) in [5, 5.41) is 0. The van der Waals surface area contributed by atoms with Crippen molar-refractivity contribution in [2.75, 3.05) is 0 Å². The van der Waals surface area contributed by atoms with Gasteiger partial charge >= 0.3 is 0 Å². The van der Waals surface area contributed by atoms with Crippen molar-refractivity contribution in [2.24, 2.45) is 52.3 Å². The molecule has 0 N–H and O–H groups in total. The largest absolute Gasteiger partial charge is 0.103 e. The van der Waals surface area contributed by atoms with Crippen LogP contribution in [0.3, 0.4) is 0 Å². The van der Waals surface area contributed by atoms with Crippen molar-refractivity contribution < 1.29 is 0 Å². The second-order valence-electron chi connectivity index (χ2n) is 12.5. The maximum atomic E-state index is 4.01. The van der Waals surface area contributed by atoms with E-state index in [0.717, 1.165) is 41.4 Å². The van der Waals surface area contributed by atoms with Crippen molar-refractivity contribution in [3.63, 3.8) is 0 Å². The number of hydrogen-bond donors (Lipinski definition) is 0. The zero-order valence-corrected chi connectivity index (χ0v) is 20.6. The molecule has 9 unspecified atom stereocenters. The van der Waals surface area contributed by atoms with E-state index in [1.54, 1.807) is 0 Å². The second-order valence-corrected chi connectivity index (χ2v) is 12.5. The Hall–Kier alpha value is -0.780. The third kappa shape index (κ3) is 3.80. The number of rotatable bonds is 6. The average Bonchev–Trinajstić information content (AvgIpc) is 3.05. The summed E-state index contributed by atoms with van der Waals surface area (Å²) in [6, 6.07) is 0. The Morgan fingerprint density at radius 2 is 1.77 bits per heavy atom. The molecular weight excluding hydrogens is 360 g/mol. The van der Waals surface area contributed by atoms with Gasteiger partial charge in [-0.05, 0) is 130 Å². The van der Waals surface area contributed by atoms with Gasteiger partial charge in [0.15, 0.2) is 0 Å². The van der Waals surface area contributed by atoms with Crippen LogP contribution in [0.5, 0.6) is 0 Å². The van der Waals surface area contributed by atoms with Gasteiger partial charge in [0.1, 0.15) is 0 Å². The predicted molar refractivity (Wildman–Crippen MR) is 131 cm³/mol. The lowest BCUT2D eigenvalue weighted by atomic mass is 9.45. The normalized spacial score (nSPS) is 45.8. The number of fused-ring (bicyclic) bond motifs is 5.